The standard InChI is InChI=1S/C22H24N6O/c29-21(27-10-3-4-11-27)19-16-25-20(18-7-2-1-6-17(18)19)26-12-14-28(15-13-26)22-23-8-5-9-24-22/h1-2,5-9,16H,3-4,10-15H2. The van der Waals surface area contributed by atoms with Gasteiger partial charge in [0, 0.05) is 63.2 Å². The topological polar surface area (TPSA) is 65.5 Å². The lowest BCUT2D eigenvalue weighted by atomic mass is 10.1. The first-order valence-electron chi connectivity index (χ1n) is 10.3. The average Bonchev–Trinajstić information content (AvgIpc) is 3.34. The first-order valence-corrected chi connectivity index (χ1v) is 10.3. The second-order valence-corrected chi connectivity index (χ2v) is 7.56. The van der Waals surface area contributed by atoms with E-state index >= 15 is 0 Å². The molecule has 0 aliphatic carbocycles. The minimum Gasteiger partial charge on any atom is -0.353 e. The third-order valence-electron chi connectivity index (χ3n) is 5.81. The molecule has 29 heavy (non-hydrogen) atoms. The van der Waals surface area contributed by atoms with Crippen LogP contribution in [-0.2, 0) is 0 Å². The Balaban J connectivity index is 1.41. The highest BCUT2D eigenvalue weighted by atomic mass is 16.2. The third kappa shape index (κ3) is 3.37. The number of fused-ring (bicyclic) bond motifs is 1. The number of hydrogen-bond donors (Lipinski definition) is 0. The summed E-state index contributed by atoms with van der Waals surface area (Å²) in [5.41, 5.74) is 0.711. The molecule has 4 heterocycles. The van der Waals surface area contributed by atoms with Gasteiger partial charge in [-0.3, -0.25) is 4.79 Å². The molecule has 2 aromatic heterocycles. The Bertz CT molecular complexity index is 1010. The number of amides is 1. The summed E-state index contributed by atoms with van der Waals surface area (Å²) in [4.78, 5) is 32.9. The number of benzene rings is 1. The van der Waals surface area contributed by atoms with Crippen molar-refractivity contribution in [2.24, 2.45) is 0 Å². The Hall–Kier alpha value is -3.22. The van der Waals surface area contributed by atoms with Crippen LogP contribution in [0.5, 0.6) is 0 Å². The van der Waals surface area contributed by atoms with Crippen LogP contribution in [0.2, 0.25) is 0 Å². The molecule has 7 nitrogen and oxygen atoms in total. The largest absolute Gasteiger partial charge is 0.353 e. The third-order valence-corrected chi connectivity index (χ3v) is 5.81. The number of nitrogens with zero attached hydrogens (tertiary/aromatic N) is 6. The lowest BCUT2D eigenvalue weighted by Gasteiger charge is -2.36. The van der Waals surface area contributed by atoms with Gasteiger partial charge in [-0.2, -0.15) is 0 Å². The highest BCUT2D eigenvalue weighted by Gasteiger charge is 2.25. The number of carbonyl (C=O) groups is 1. The molecule has 0 bridgehead atoms. The summed E-state index contributed by atoms with van der Waals surface area (Å²) in [6, 6.07) is 9.97. The van der Waals surface area contributed by atoms with Crippen LogP contribution in [0.1, 0.15) is 23.2 Å². The van der Waals surface area contributed by atoms with Crippen LogP contribution in [-0.4, -0.2) is 65.0 Å². The van der Waals surface area contributed by atoms with Gasteiger partial charge in [-0.1, -0.05) is 24.3 Å². The van der Waals surface area contributed by atoms with Crippen LogP contribution >= 0.6 is 0 Å². The second-order valence-electron chi connectivity index (χ2n) is 7.56. The molecule has 1 aromatic carbocycles. The number of pyridine rings is 1. The molecule has 7 heteroatoms. The van der Waals surface area contributed by atoms with E-state index in [2.05, 4.69) is 25.8 Å². The molecule has 2 fully saturated rings. The van der Waals surface area contributed by atoms with Crippen LogP contribution in [0, 0.1) is 0 Å². The zero-order valence-corrected chi connectivity index (χ0v) is 16.4. The van der Waals surface area contributed by atoms with Crippen molar-refractivity contribution < 1.29 is 4.79 Å². The maximum atomic E-state index is 13.0. The van der Waals surface area contributed by atoms with E-state index in [1.165, 1.54) is 0 Å². The van der Waals surface area contributed by atoms with Crippen molar-refractivity contribution >= 4 is 28.4 Å². The predicted octanol–water partition coefficient (Wildman–Crippen LogP) is 2.59. The van der Waals surface area contributed by atoms with Gasteiger partial charge in [-0.25, -0.2) is 15.0 Å². The maximum Gasteiger partial charge on any atom is 0.256 e. The molecule has 2 aliphatic heterocycles. The summed E-state index contributed by atoms with van der Waals surface area (Å²) in [5.74, 6) is 1.83. The number of piperazine rings is 1. The molecular weight excluding hydrogens is 364 g/mol. The van der Waals surface area contributed by atoms with Gasteiger partial charge in [-0.05, 0) is 24.3 Å². The van der Waals surface area contributed by atoms with Gasteiger partial charge < -0.3 is 14.7 Å². The van der Waals surface area contributed by atoms with Gasteiger partial charge in [0.2, 0.25) is 5.95 Å². The fourth-order valence-corrected chi connectivity index (χ4v) is 4.26. The normalized spacial score (nSPS) is 17.2. The molecule has 0 N–H and O–H groups in total. The van der Waals surface area contributed by atoms with Crippen molar-refractivity contribution in [1.29, 1.82) is 0 Å². The van der Waals surface area contributed by atoms with Crippen molar-refractivity contribution in [2.45, 2.75) is 12.8 Å². The number of carbonyl (C=O) groups excluding carboxylic acids is 1. The van der Waals surface area contributed by atoms with Crippen LogP contribution in [0.25, 0.3) is 10.8 Å². The summed E-state index contributed by atoms with van der Waals surface area (Å²) in [5, 5.41) is 2.03. The minimum atomic E-state index is 0.101. The van der Waals surface area contributed by atoms with Crippen LogP contribution in [0.4, 0.5) is 11.8 Å². The fraction of sp³-hybridized carbons (Fsp3) is 0.364. The van der Waals surface area contributed by atoms with Crippen LogP contribution < -0.4 is 9.80 Å². The van der Waals surface area contributed by atoms with E-state index in [0.29, 0.717) is 5.56 Å². The van der Waals surface area contributed by atoms with Gasteiger partial charge in [-0.15, -0.1) is 0 Å². The SMILES string of the molecule is O=C(c1cnc(N2CCN(c3ncccn3)CC2)c2ccccc12)N1CCCC1. The van der Waals surface area contributed by atoms with Crippen LogP contribution in [0.15, 0.2) is 48.9 Å². The molecule has 0 radical (unpaired) electrons. The minimum absolute atomic E-state index is 0.101. The van der Waals surface area contributed by atoms with E-state index in [9.17, 15) is 4.79 Å². The van der Waals surface area contributed by atoms with E-state index in [1.54, 1.807) is 18.6 Å². The molecule has 1 amide bonds. The van der Waals surface area contributed by atoms with Gasteiger partial charge in [0.25, 0.3) is 5.91 Å². The summed E-state index contributed by atoms with van der Waals surface area (Å²) in [6.45, 7) is 5.06. The monoisotopic (exact) mass is 388 g/mol. The van der Waals surface area contributed by atoms with E-state index in [4.69, 9.17) is 4.98 Å². The maximum absolute atomic E-state index is 13.0. The van der Waals surface area contributed by atoms with E-state index in [-0.39, 0.29) is 5.91 Å². The molecule has 0 unspecified atom stereocenters. The van der Waals surface area contributed by atoms with Crippen LogP contribution in [0.3, 0.4) is 0 Å². The Kier molecular flexibility index (Phi) is 4.71. The average molecular weight is 388 g/mol. The van der Waals surface area contributed by atoms with Gasteiger partial charge in [0.15, 0.2) is 0 Å². The smallest absolute Gasteiger partial charge is 0.256 e. The molecule has 2 saturated heterocycles. The van der Waals surface area contributed by atoms with E-state index in [0.717, 1.165) is 74.6 Å². The Morgan fingerprint density at radius 1 is 0.759 bits per heavy atom. The Morgan fingerprint density at radius 3 is 2.14 bits per heavy atom. The molecule has 0 saturated carbocycles. The Morgan fingerprint density at radius 2 is 1.41 bits per heavy atom. The summed E-state index contributed by atoms with van der Waals surface area (Å²) in [6.07, 6.45) is 7.50. The van der Waals surface area contributed by atoms with Crippen molar-refractivity contribution in [3.63, 3.8) is 0 Å². The molecule has 3 aromatic rings. The van der Waals surface area contributed by atoms with E-state index < -0.39 is 0 Å². The van der Waals surface area contributed by atoms with Crippen molar-refractivity contribution in [3.05, 3.63) is 54.5 Å². The van der Waals surface area contributed by atoms with Gasteiger partial charge >= 0.3 is 0 Å². The van der Waals surface area contributed by atoms with E-state index in [1.807, 2.05) is 29.2 Å². The number of anilines is 2. The van der Waals surface area contributed by atoms with Crippen molar-refractivity contribution in [1.82, 2.24) is 19.9 Å². The summed E-state index contributed by atoms with van der Waals surface area (Å²) >= 11 is 0. The molecule has 5 rings (SSSR count). The molecular formula is C22H24N6O. The zero-order chi connectivity index (χ0) is 19.6. The molecule has 0 spiro atoms. The molecule has 148 valence electrons. The Labute approximate surface area is 170 Å². The highest BCUT2D eigenvalue weighted by molar-refractivity contribution is 6.09. The predicted molar refractivity (Wildman–Crippen MR) is 113 cm³/mol. The lowest BCUT2D eigenvalue weighted by molar-refractivity contribution is 0.0794. The van der Waals surface area contributed by atoms with Gasteiger partial charge in [0.1, 0.15) is 5.82 Å². The van der Waals surface area contributed by atoms with Crippen molar-refractivity contribution in [2.75, 3.05) is 49.1 Å². The number of aromatic nitrogens is 3. The molecule has 2 aliphatic rings. The number of rotatable bonds is 3. The zero-order valence-electron chi connectivity index (χ0n) is 16.4. The fourth-order valence-electron chi connectivity index (χ4n) is 4.26. The molecule has 0 atom stereocenters. The van der Waals surface area contributed by atoms with Gasteiger partial charge in [0.05, 0.1) is 5.56 Å². The lowest BCUT2D eigenvalue weighted by Crippen LogP contribution is -2.47. The quantitative estimate of drug-likeness (QED) is 0.687. The number of likely N-dealkylation sites (tertiary alicyclic amines) is 1. The summed E-state index contributed by atoms with van der Waals surface area (Å²) in [7, 11) is 0. The summed E-state index contributed by atoms with van der Waals surface area (Å²) < 4.78 is 0. The second kappa shape index (κ2) is 7.66. The first kappa shape index (κ1) is 17.8. The highest BCUT2D eigenvalue weighted by Crippen LogP contribution is 2.29. The van der Waals surface area contributed by atoms with Crippen molar-refractivity contribution in [3.8, 4) is 0 Å². The number of hydrogen-bond acceptors (Lipinski definition) is 6. The first-order chi connectivity index (χ1) is 14.3.